The summed E-state index contributed by atoms with van der Waals surface area (Å²) in [5.41, 5.74) is 0.934. The van der Waals surface area contributed by atoms with E-state index in [4.69, 9.17) is 5.11 Å². The van der Waals surface area contributed by atoms with E-state index in [1.807, 2.05) is 11.4 Å². The van der Waals surface area contributed by atoms with Crippen molar-refractivity contribution in [3.05, 3.63) is 37.1 Å². The Morgan fingerprint density at radius 1 is 1.42 bits per heavy atom. The van der Waals surface area contributed by atoms with E-state index in [9.17, 15) is 8.42 Å². The summed E-state index contributed by atoms with van der Waals surface area (Å²) in [4.78, 5) is 0.662. The van der Waals surface area contributed by atoms with E-state index in [0.29, 0.717) is 11.4 Å². The average Bonchev–Trinajstić information content (AvgIpc) is 2.97. The monoisotopic (exact) mass is 381 g/mol. The zero-order valence-electron chi connectivity index (χ0n) is 10.0. The van der Waals surface area contributed by atoms with Crippen molar-refractivity contribution in [2.45, 2.75) is 18.0 Å². The van der Waals surface area contributed by atoms with Gasteiger partial charge in [0.25, 0.3) is 0 Å². The summed E-state index contributed by atoms with van der Waals surface area (Å²) in [6, 6.07) is 3.43. The lowest BCUT2D eigenvalue weighted by Crippen LogP contribution is -2.26. The number of sulfonamides is 1. The number of hydrogen-bond donors (Lipinski definition) is 1. The standard InChI is InChI=1S/C11H12BrNO3S3/c1-13(5-8-4-11(12)18-7-8)19(15,16)10-2-3-17-9(10)6-14/h2-4,7,14H,5-6H2,1H3. The van der Waals surface area contributed by atoms with Crippen molar-refractivity contribution in [3.63, 3.8) is 0 Å². The molecule has 2 aromatic rings. The first kappa shape index (κ1) is 15.1. The molecule has 0 bridgehead atoms. The third-order valence-electron chi connectivity index (χ3n) is 2.56. The van der Waals surface area contributed by atoms with Gasteiger partial charge in [0.05, 0.1) is 15.3 Å². The molecule has 0 aromatic carbocycles. The summed E-state index contributed by atoms with van der Waals surface area (Å²) in [7, 11) is -2.01. The SMILES string of the molecule is CN(Cc1csc(Br)c1)S(=O)(=O)c1ccsc1CO. The van der Waals surface area contributed by atoms with Crippen LogP contribution in [0.3, 0.4) is 0 Å². The summed E-state index contributed by atoms with van der Waals surface area (Å²) in [6.45, 7) is 0.0508. The summed E-state index contributed by atoms with van der Waals surface area (Å²) >= 11 is 6.12. The third kappa shape index (κ3) is 3.26. The molecule has 0 aliphatic carbocycles. The zero-order valence-corrected chi connectivity index (χ0v) is 14.1. The molecule has 0 spiro atoms. The molecule has 0 aliphatic rings. The average molecular weight is 382 g/mol. The lowest BCUT2D eigenvalue weighted by Gasteiger charge is -2.16. The van der Waals surface area contributed by atoms with Gasteiger partial charge in [-0.25, -0.2) is 8.42 Å². The van der Waals surface area contributed by atoms with Crippen LogP contribution in [-0.2, 0) is 23.2 Å². The second-order valence-corrected chi connectivity index (χ2v) is 9.19. The molecule has 2 aromatic heterocycles. The number of aliphatic hydroxyl groups excluding tert-OH is 1. The lowest BCUT2D eigenvalue weighted by atomic mass is 10.3. The highest BCUT2D eigenvalue weighted by Crippen LogP contribution is 2.27. The van der Waals surface area contributed by atoms with Gasteiger partial charge in [-0.05, 0) is 44.4 Å². The van der Waals surface area contributed by atoms with Gasteiger partial charge in [0.2, 0.25) is 10.0 Å². The van der Waals surface area contributed by atoms with E-state index < -0.39 is 10.0 Å². The van der Waals surface area contributed by atoms with Gasteiger partial charge in [-0.3, -0.25) is 0 Å². The van der Waals surface area contributed by atoms with Crippen molar-refractivity contribution < 1.29 is 13.5 Å². The Kier molecular flexibility index (Phi) is 4.80. The number of nitrogens with zero attached hydrogens (tertiary/aromatic N) is 1. The highest BCUT2D eigenvalue weighted by atomic mass is 79.9. The van der Waals surface area contributed by atoms with Crippen LogP contribution >= 0.6 is 38.6 Å². The maximum atomic E-state index is 12.4. The molecule has 2 heterocycles. The molecule has 0 saturated heterocycles. The third-order valence-corrected chi connectivity index (χ3v) is 7.04. The van der Waals surface area contributed by atoms with Gasteiger partial charge in [0.1, 0.15) is 0 Å². The Bertz CT molecular complexity index is 662. The van der Waals surface area contributed by atoms with Gasteiger partial charge in [-0.2, -0.15) is 4.31 Å². The Labute approximate surface area is 128 Å². The molecule has 0 radical (unpaired) electrons. The highest BCUT2D eigenvalue weighted by Gasteiger charge is 2.24. The number of hydrogen-bond acceptors (Lipinski definition) is 5. The van der Waals surface area contributed by atoms with E-state index in [0.717, 1.165) is 9.35 Å². The Morgan fingerprint density at radius 3 is 2.74 bits per heavy atom. The molecule has 2 rings (SSSR count). The van der Waals surface area contributed by atoms with Crippen LogP contribution in [-0.4, -0.2) is 24.9 Å². The van der Waals surface area contributed by atoms with Gasteiger partial charge < -0.3 is 5.11 Å². The van der Waals surface area contributed by atoms with Gasteiger partial charge in [-0.15, -0.1) is 22.7 Å². The zero-order chi connectivity index (χ0) is 14.0. The molecule has 4 nitrogen and oxygen atoms in total. The number of thiophene rings is 2. The predicted molar refractivity (Wildman–Crippen MR) is 80.9 cm³/mol. The summed E-state index contributed by atoms with van der Waals surface area (Å²) in [5.74, 6) is 0. The first-order valence-corrected chi connectivity index (χ1v) is 9.31. The van der Waals surface area contributed by atoms with E-state index in [-0.39, 0.29) is 11.5 Å². The summed E-state index contributed by atoms with van der Waals surface area (Å²) < 4.78 is 27.1. The van der Waals surface area contributed by atoms with Crippen molar-refractivity contribution >= 4 is 48.6 Å². The topological polar surface area (TPSA) is 57.6 Å². The van der Waals surface area contributed by atoms with Crippen LogP contribution in [0.5, 0.6) is 0 Å². The maximum absolute atomic E-state index is 12.4. The largest absolute Gasteiger partial charge is 0.391 e. The van der Waals surface area contributed by atoms with E-state index >= 15 is 0 Å². The minimum atomic E-state index is -3.55. The van der Waals surface area contributed by atoms with Crippen molar-refractivity contribution in [2.24, 2.45) is 0 Å². The van der Waals surface area contributed by atoms with Crippen LogP contribution in [0.15, 0.2) is 31.6 Å². The van der Waals surface area contributed by atoms with Crippen molar-refractivity contribution in [2.75, 3.05) is 7.05 Å². The van der Waals surface area contributed by atoms with Gasteiger partial charge in [0, 0.05) is 18.5 Å². The second kappa shape index (κ2) is 6.02. The first-order chi connectivity index (χ1) is 8.95. The molecular formula is C11H12BrNO3S3. The maximum Gasteiger partial charge on any atom is 0.244 e. The van der Waals surface area contributed by atoms with Crippen molar-refractivity contribution in [1.82, 2.24) is 4.31 Å². The fraction of sp³-hybridized carbons (Fsp3) is 0.273. The molecule has 1 N–H and O–H groups in total. The van der Waals surface area contributed by atoms with Crippen LogP contribution in [0.25, 0.3) is 0 Å². The molecule has 0 atom stereocenters. The van der Waals surface area contributed by atoms with Gasteiger partial charge in [0.15, 0.2) is 0 Å². The summed E-state index contributed by atoms with van der Waals surface area (Å²) in [6.07, 6.45) is 0. The smallest absolute Gasteiger partial charge is 0.244 e. The first-order valence-electron chi connectivity index (χ1n) is 5.31. The fourth-order valence-electron chi connectivity index (χ4n) is 1.61. The van der Waals surface area contributed by atoms with Crippen LogP contribution < -0.4 is 0 Å². The van der Waals surface area contributed by atoms with Crippen LogP contribution in [0.1, 0.15) is 10.4 Å². The normalized spacial score (nSPS) is 12.2. The molecule has 0 aliphatic heterocycles. The van der Waals surface area contributed by atoms with E-state index in [1.165, 1.54) is 33.0 Å². The molecule has 19 heavy (non-hydrogen) atoms. The minimum Gasteiger partial charge on any atom is -0.391 e. The minimum absolute atomic E-state index is 0.191. The second-order valence-electron chi connectivity index (χ2n) is 3.89. The van der Waals surface area contributed by atoms with Crippen LogP contribution in [0.4, 0.5) is 0 Å². The number of aliphatic hydroxyl groups is 1. The molecule has 0 fully saturated rings. The van der Waals surface area contributed by atoms with Crippen molar-refractivity contribution in [3.8, 4) is 0 Å². The van der Waals surface area contributed by atoms with Crippen LogP contribution in [0, 0.1) is 0 Å². The molecule has 104 valence electrons. The fourth-order valence-corrected chi connectivity index (χ4v) is 5.23. The Balaban J connectivity index is 2.24. The van der Waals surface area contributed by atoms with Gasteiger partial charge in [-0.1, -0.05) is 0 Å². The Morgan fingerprint density at radius 2 is 2.16 bits per heavy atom. The molecule has 0 unspecified atom stereocenters. The molecule has 0 amide bonds. The molecular weight excluding hydrogens is 370 g/mol. The van der Waals surface area contributed by atoms with Gasteiger partial charge >= 0.3 is 0 Å². The Hall–Kier alpha value is -0.250. The highest BCUT2D eigenvalue weighted by molar-refractivity contribution is 9.11. The van der Waals surface area contributed by atoms with Crippen molar-refractivity contribution in [1.29, 1.82) is 0 Å². The predicted octanol–water partition coefficient (Wildman–Crippen LogP) is 2.89. The van der Waals surface area contributed by atoms with E-state index in [2.05, 4.69) is 15.9 Å². The summed E-state index contributed by atoms with van der Waals surface area (Å²) in [5, 5.41) is 12.8. The molecule has 8 heteroatoms. The number of halogens is 1. The lowest BCUT2D eigenvalue weighted by molar-refractivity contribution is 0.282. The van der Waals surface area contributed by atoms with Crippen LogP contribution in [0.2, 0.25) is 0 Å². The number of rotatable bonds is 5. The van der Waals surface area contributed by atoms with E-state index in [1.54, 1.807) is 12.4 Å². The quantitative estimate of drug-likeness (QED) is 0.865. The molecule has 0 saturated carbocycles.